The summed E-state index contributed by atoms with van der Waals surface area (Å²) in [6.07, 6.45) is 2.06. The molecule has 1 aliphatic heterocycles. The molecule has 1 aromatic carbocycles. The van der Waals surface area contributed by atoms with Gasteiger partial charge >= 0.3 is 0 Å². The highest BCUT2D eigenvalue weighted by Gasteiger charge is 2.39. The maximum Gasteiger partial charge on any atom is 0.264 e. The lowest BCUT2D eigenvalue weighted by Gasteiger charge is -2.37. The van der Waals surface area contributed by atoms with E-state index in [0.29, 0.717) is 18.7 Å². The number of Topliss-reactive ketones (excluding diaryl/α,β-unsaturated/α-hetero) is 1. The number of aryl methyl sites for hydroxylation is 1. The van der Waals surface area contributed by atoms with Crippen molar-refractivity contribution in [2.45, 2.75) is 31.1 Å². The van der Waals surface area contributed by atoms with Gasteiger partial charge in [-0.25, -0.2) is 8.42 Å². The molecule has 4 nitrogen and oxygen atoms in total. The molecule has 0 saturated heterocycles. The van der Waals surface area contributed by atoms with Crippen LogP contribution >= 0.6 is 0 Å². The van der Waals surface area contributed by atoms with Crippen LogP contribution < -0.4 is 0 Å². The summed E-state index contributed by atoms with van der Waals surface area (Å²) in [5, 5.41) is 0. The van der Waals surface area contributed by atoms with Gasteiger partial charge in [-0.2, -0.15) is 0 Å². The Kier molecular flexibility index (Phi) is 2.74. The lowest BCUT2D eigenvalue weighted by molar-refractivity contribution is -0.118. The van der Waals surface area contributed by atoms with E-state index >= 15 is 0 Å². The molecule has 1 aliphatic carbocycles. The van der Waals surface area contributed by atoms with Gasteiger partial charge in [0, 0.05) is 13.0 Å². The Labute approximate surface area is 112 Å². The van der Waals surface area contributed by atoms with Crippen molar-refractivity contribution in [2.24, 2.45) is 0 Å². The third kappa shape index (κ3) is 1.89. The van der Waals surface area contributed by atoms with Gasteiger partial charge in [0.15, 0.2) is 5.78 Å². The highest BCUT2D eigenvalue weighted by Crippen LogP contribution is 2.37. The van der Waals surface area contributed by atoms with Crippen molar-refractivity contribution in [3.63, 3.8) is 0 Å². The van der Waals surface area contributed by atoms with Crippen molar-refractivity contribution < 1.29 is 13.2 Å². The molecule has 0 aromatic heterocycles. The van der Waals surface area contributed by atoms with Crippen molar-refractivity contribution in [3.05, 3.63) is 41.1 Å². The second-order valence-corrected chi connectivity index (χ2v) is 6.91. The first kappa shape index (κ1) is 12.4. The van der Waals surface area contributed by atoms with Gasteiger partial charge in [0.1, 0.15) is 0 Å². The Morgan fingerprint density at radius 3 is 2.47 bits per heavy atom. The van der Waals surface area contributed by atoms with Gasteiger partial charge < -0.3 is 0 Å². The predicted octanol–water partition coefficient (Wildman–Crippen LogP) is 2.01. The molecule has 5 heteroatoms. The number of hydrogen-bond donors (Lipinski definition) is 0. The molecule has 0 bridgehead atoms. The number of nitrogens with zero attached hydrogens (tertiary/aromatic N) is 1. The molecule has 1 heterocycles. The predicted molar refractivity (Wildman–Crippen MR) is 71.0 cm³/mol. The molecule has 19 heavy (non-hydrogen) atoms. The quantitative estimate of drug-likeness (QED) is 0.831. The molecule has 0 atom stereocenters. The van der Waals surface area contributed by atoms with E-state index in [1.807, 2.05) is 6.92 Å². The van der Waals surface area contributed by atoms with Crippen LogP contribution in [-0.4, -0.2) is 25.1 Å². The summed E-state index contributed by atoms with van der Waals surface area (Å²) in [5.74, 6) is -0.0506. The molecule has 1 aromatic rings. The van der Waals surface area contributed by atoms with Gasteiger partial charge in [0.05, 0.1) is 10.6 Å². The topological polar surface area (TPSA) is 54.5 Å². The lowest BCUT2D eigenvalue weighted by atomic mass is 9.86. The Hall–Kier alpha value is -1.62. The average Bonchev–Trinajstić information content (AvgIpc) is 2.37. The van der Waals surface area contributed by atoms with Gasteiger partial charge in [-0.3, -0.25) is 9.10 Å². The molecule has 0 saturated carbocycles. The van der Waals surface area contributed by atoms with Gasteiger partial charge in [-0.05, 0) is 37.5 Å². The largest absolute Gasteiger partial charge is 0.292 e. The minimum atomic E-state index is -3.59. The minimum absolute atomic E-state index is 0.0506. The molecule has 0 unspecified atom stereocenters. The Balaban J connectivity index is 2.03. The monoisotopic (exact) mass is 277 g/mol. The number of sulfonamides is 1. The Morgan fingerprint density at radius 2 is 1.84 bits per heavy atom. The van der Waals surface area contributed by atoms with E-state index in [0.717, 1.165) is 24.0 Å². The second-order valence-electron chi connectivity index (χ2n) is 5.05. The second kappa shape index (κ2) is 4.20. The molecule has 100 valence electrons. The van der Waals surface area contributed by atoms with E-state index in [4.69, 9.17) is 0 Å². The van der Waals surface area contributed by atoms with Gasteiger partial charge in [0.25, 0.3) is 10.0 Å². The fraction of sp³-hybridized carbons (Fsp3) is 0.357. The molecule has 0 radical (unpaired) electrons. The summed E-state index contributed by atoms with van der Waals surface area (Å²) in [6, 6.07) is 6.74. The number of allylic oxidation sites excluding steroid dienone is 2. The van der Waals surface area contributed by atoms with Crippen molar-refractivity contribution in [1.29, 1.82) is 0 Å². The SMILES string of the molecule is Cc1ccc(S(=O)(=O)N2CCCC3=C2C(=O)C3)cc1. The Morgan fingerprint density at radius 1 is 1.16 bits per heavy atom. The van der Waals surface area contributed by atoms with Gasteiger partial charge in [-0.15, -0.1) is 0 Å². The van der Waals surface area contributed by atoms with Crippen LogP contribution in [0.5, 0.6) is 0 Å². The Bertz CT molecular complexity index is 671. The van der Waals surface area contributed by atoms with E-state index in [2.05, 4.69) is 0 Å². The third-order valence-electron chi connectivity index (χ3n) is 3.67. The fourth-order valence-corrected chi connectivity index (χ4v) is 4.17. The number of rotatable bonds is 2. The molecular weight excluding hydrogens is 262 g/mol. The first-order valence-electron chi connectivity index (χ1n) is 6.35. The van der Waals surface area contributed by atoms with Crippen LogP contribution in [0.1, 0.15) is 24.8 Å². The summed E-state index contributed by atoms with van der Waals surface area (Å²) < 4.78 is 26.4. The van der Waals surface area contributed by atoms with Crippen molar-refractivity contribution >= 4 is 15.8 Å². The van der Waals surface area contributed by atoms with Gasteiger partial charge in [-0.1, -0.05) is 17.7 Å². The number of ketones is 1. The van der Waals surface area contributed by atoms with Crippen LogP contribution in [0.4, 0.5) is 0 Å². The van der Waals surface area contributed by atoms with Gasteiger partial charge in [0.2, 0.25) is 0 Å². The third-order valence-corrected chi connectivity index (χ3v) is 5.48. The maximum absolute atomic E-state index is 12.6. The summed E-state index contributed by atoms with van der Waals surface area (Å²) in [7, 11) is -3.59. The summed E-state index contributed by atoms with van der Waals surface area (Å²) in [6.45, 7) is 2.31. The van der Waals surface area contributed by atoms with Crippen LogP contribution in [-0.2, 0) is 14.8 Å². The molecule has 0 fully saturated rings. The van der Waals surface area contributed by atoms with E-state index in [1.54, 1.807) is 24.3 Å². The number of carbonyl (C=O) groups excluding carboxylic acids is 1. The van der Waals surface area contributed by atoms with E-state index in [-0.39, 0.29) is 10.7 Å². The lowest BCUT2D eigenvalue weighted by Crippen LogP contribution is -2.42. The first-order chi connectivity index (χ1) is 9.00. The highest BCUT2D eigenvalue weighted by molar-refractivity contribution is 7.89. The molecule has 3 rings (SSSR count). The normalized spacial score (nSPS) is 19.2. The molecule has 0 N–H and O–H groups in total. The first-order valence-corrected chi connectivity index (χ1v) is 7.79. The fourth-order valence-electron chi connectivity index (χ4n) is 2.60. The average molecular weight is 277 g/mol. The summed E-state index contributed by atoms with van der Waals surface area (Å²) in [4.78, 5) is 11.9. The molecule has 2 aliphatic rings. The standard InChI is InChI=1S/C14H15NO3S/c1-10-4-6-12(7-5-10)19(17,18)15-8-2-3-11-9-13(16)14(11)15/h4-7H,2-3,8-9H2,1H3. The summed E-state index contributed by atoms with van der Waals surface area (Å²) >= 11 is 0. The van der Waals surface area contributed by atoms with E-state index < -0.39 is 10.0 Å². The van der Waals surface area contributed by atoms with Crippen molar-refractivity contribution in [3.8, 4) is 0 Å². The minimum Gasteiger partial charge on any atom is -0.292 e. The van der Waals surface area contributed by atoms with Crippen molar-refractivity contribution in [2.75, 3.05) is 6.54 Å². The van der Waals surface area contributed by atoms with Crippen LogP contribution in [0.15, 0.2) is 40.4 Å². The molecule has 0 amide bonds. The summed E-state index contributed by atoms with van der Waals surface area (Å²) in [5.41, 5.74) is 2.43. The smallest absolute Gasteiger partial charge is 0.264 e. The number of carbonyl (C=O) groups is 1. The molecular formula is C14H15NO3S. The zero-order chi connectivity index (χ0) is 13.6. The number of hydrogen-bond acceptors (Lipinski definition) is 3. The van der Waals surface area contributed by atoms with E-state index in [9.17, 15) is 13.2 Å². The van der Waals surface area contributed by atoms with Crippen LogP contribution in [0.2, 0.25) is 0 Å². The van der Waals surface area contributed by atoms with Crippen LogP contribution in [0, 0.1) is 6.92 Å². The van der Waals surface area contributed by atoms with Crippen molar-refractivity contribution in [1.82, 2.24) is 4.31 Å². The number of benzene rings is 1. The highest BCUT2D eigenvalue weighted by atomic mass is 32.2. The zero-order valence-corrected chi connectivity index (χ0v) is 11.5. The van der Waals surface area contributed by atoms with Crippen LogP contribution in [0.25, 0.3) is 0 Å². The molecule has 0 spiro atoms. The zero-order valence-electron chi connectivity index (χ0n) is 10.7. The van der Waals surface area contributed by atoms with E-state index in [1.165, 1.54) is 4.31 Å². The maximum atomic E-state index is 12.6. The van der Waals surface area contributed by atoms with Crippen LogP contribution in [0.3, 0.4) is 0 Å².